The van der Waals surface area contributed by atoms with E-state index in [1.54, 1.807) is 36.0 Å². The van der Waals surface area contributed by atoms with Gasteiger partial charge in [-0.05, 0) is 39.9 Å². The second kappa shape index (κ2) is 13.0. The Labute approximate surface area is 270 Å². The Morgan fingerprint density at radius 3 is 2.13 bits per heavy atom. The molecule has 46 heavy (non-hydrogen) atoms. The van der Waals surface area contributed by atoms with Crippen molar-refractivity contribution in [3.05, 3.63) is 137 Å². The lowest BCUT2D eigenvalue weighted by Crippen LogP contribution is -2.38. The second-order valence-corrected chi connectivity index (χ2v) is 12.5. The molecule has 0 aliphatic carbocycles. The molecule has 10 heteroatoms. The number of aromatic amines is 1. The van der Waals surface area contributed by atoms with E-state index >= 15 is 0 Å². The van der Waals surface area contributed by atoms with Crippen molar-refractivity contribution in [1.29, 1.82) is 0 Å². The number of rotatable bonds is 9. The van der Waals surface area contributed by atoms with Crippen LogP contribution in [0.4, 0.5) is 0 Å². The van der Waals surface area contributed by atoms with Gasteiger partial charge in [0.2, 0.25) is 0 Å². The molecule has 0 saturated carbocycles. The van der Waals surface area contributed by atoms with Crippen LogP contribution in [0.1, 0.15) is 62.3 Å². The van der Waals surface area contributed by atoms with Gasteiger partial charge in [-0.15, -0.1) is 0 Å². The molecule has 0 spiro atoms. The zero-order chi connectivity index (χ0) is 31.6. The zero-order valence-corrected chi connectivity index (χ0v) is 25.9. The van der Waals surface area contributed by atoms with Crippen molar-refractivity contribution >= 4 is 23.6 Å². The number of fused-ring (bicyclic) bond motifs is 1. The number of carbonyl (C=O) groups excluding carboxylic acids is 2. The number of nitrogens with one attached hydrogen (secondary N) is 1. The lowest BCUT2D eigenvalue weighted by atomic mass is 9.91. The Hall–Kier alpha value is -4.61. The molecule has 2 N–H and O–H groups in total. The summed E-state index contributed by atoms with van der Waals surface area (Å²) in [5.74, 6) is 0.149. The SMILES string of the molecule is CC1C(CSc2ncn[nH]2)OC(c2ccc(-c3ccccc3CN3C(=O)c4ccccc4C3=O)cc2)OC1c1ccc(CO)cc1. The predicted octanol–water partition coefficient (Wildman–Crippen LogP) is 6.34. The summed E-state index contributed by atoms with van der Waals surface area (Å²) in [4.78, 5) is 31.7. The molecule has 2 aliphatic rings. The highest BCUT2D eigenvalue weighted by atomic mass is 32.2. The van der Waals surface area contributed by atoms with Crippen molar-refractivity contribution in [3.63, 3.8) is 0 Å². The molecule has 4 atom stereocenters. The minimum absolute atomic E-state index is 0.0166. The van der Waals surface area contributed by atoms with Gasteiger partial charge >= 0.3 is 0 Å². The van der Waals surface area contributed by atoms with Crippen LogP contribution in [0.3, 0.4) is 0 Å². The maximum Gasteiger partial charge on any atom is 0.261 e. The van der Waals surface area contributed by atoms with E-state index in [1.807, 2.05) is 72.8 Å². The first-order chi connectivity index (χ1) is 22.5. The Kier molecular flexibility index (Phi) is 8.51. The van der Waals surface area contributed by atoms with Gasteiger partial charge in [-0.3, -0.25) is 19.6 Å². The van der Waals surface area contributed by atoms with Gasteiger partial charge in [-0.25, -0.2) is 4.98 Å². The van der Waals surface area contributed by atoms with Crippen molar-refractivity contribution < 1.29 is 24.2 Å². The maximum atomic E-state index is 13.1. The summed E-state index contributed by atoms with van der Waals surface area (Å²) in [5, 5.41) is 17.1. The number of aromatic nitrogens is 3. The van der Waals surface area contributed by atoms with Gasteiger partial charge in [0.1, 0.15) is 6.33 Å². The van der Waals surface area contributed by atoms with Crippen LogP contribution in [0, 0.1) is 5.92 Å². The molecular weight excluding hydrogens is 600 g/mol. The fourth-order valence-corrected chi connectivity index (χ4v) is 6.99. The molecule has 2 aliphatic heterocycles. The highest BCUT2D eigenvalue weighted by Crippen LogP contribution is 2.43. The van der Waals surface area contributed by atoms with Crippen molar-refractivity contribution in [3.8, 4) is 11.1 Å². The van der Waals surface area contributed by atoms with Crippen LogP contribution in [0.2, 0.25) is 0 Å². The molecule has 4 unspecified atom stereocenters. The van der Waals surface area contributed by atoms with Crippen LogP contribution in [-0.4, -0.2) is 48.9 Å². The number of aliphatic hydroxyl groups excluding tert-OH is 1. The van der Waals surface area contributed by atoms with Gasteiger partial charge in [-0.1, -0.05) is 104 Å². The Morgan fingerprint density at radius 1 is 0.826 bits per heavy atom. The number of benzene rings is 4. The molecule has 2 amide bonds. The normalized spacial score (nSPS) is 21.0. The standard InChI is InChI=1S/C36H32N4O5S/c1-22-31(20-46-36-37-21-38-39-36)44-35(45-32(22)25-12-10-23(19-41)11-13-25)26-16-14-24(15-17-26)28-7-3-2-6-27(28)18-40-33(42)29-8-4-5-9-30(29)34(40)43/h2-17,21-22,31-32,35,41H,18-20H2,1H3,(H,37,38,39). The summed E-state index contributed by atoms with van der Waals surface area (Å²) in [6.07, 6.45) is 0.509. The smallest absolute Gasteiger partial charge is 0.261 e. The van der Waals surface area contributed by atoms with E-state index in [0.717, 1.165) is 38.5 Å². The van der Waals surface area contributed by atoms with E-state index in [1.165, 1.54) is 11.2 Å². The van der Waals surface area contributed by atoms with Crippen LogP contribution < -0.4 is 0 Å². The Morgan fingerprint density at radius 2 is 1.48 bits per heavy atom. The average Bonchev–Trinajstić information content (AvgIpc) is 3.71. The summed E-state index contributed by atoms with van der Waals surface area (Å²) in [7, 11) is 0. The third kappa shape index (κ3) is 5.88. The van der Waals surface area contributed by atoms with Gasteiger partial charge in [0.25, 0.3) is 11.8 Å². The molecule has 1 aromatic heterocycles. The van der Waals surface area contributed by atoms with E-state index in [0.29, 0.717) is 16.9 Å². The number of ether oxygens (including phenoxy) is 2. The summed E-state index contributed by atoms with van der Waals surface area (Å²) < 4.78 is 13.2. The van der Waals surface area contributed by atoms with Crippen molar-refractivity contribution in [1.82, 2.24) is 20.1 Å². The van der Waals surface area contributed by atoms with Gasteiger partial charge < -0.3 is 14.6 Å². The van der Waals surface area contributed by atoms with Gasteiger partial charge in [0.05, 0.1) is 36.5 Å². The van der Waals surface area contributed by atoms with Crippen molar-refractivity contribution in [2.45, 2.75) is 43.7 Å². The Bertz CT molecular complexity index is 1810. The number of amides is 2. The fraction of sp³-hybridized carbons (Fsp3) is 0.222. The van der Waals surface area contributed by atoms with Crippen molar-refractivity contribution in [2.75, 3.05) is 5.75 Å². The molecule has 4 aromatic carbocycles. The van der Waals surface area contributed by atoms with Crippen LogP contribution in [0.15, 0.2) is 109 Å². The van der Waals surface area contributed by atoms with E-state index in [-0.39, 0.29) is 43.1 Å². The lowest BCUT2D eigenvalue weighted by Gasteiger charge is -2.41. The third-order valence-electron chi connectivity index (χ3n) is 8.62. The summed E-state index contributed by atoms with van der Waals surface area (Å²) in [6, 6.07) is 30.6. The summed E-state index contributed by atoms with van der Waals surface area (Å²) in [5.41, 5.74) is 6.39. The number of carbonyl (C=O) groups is 2. The minimum Gasteiger partial charge on any atom is -0.392 e. The number of thioether (sulfide) groups is 1. The topological polar surface area (TPSA) is 118 Å². The van der Waals surface area contributed by atoms with Crippen LogP contribution in [-0.2, 0) is 22.6 Å². The summed E-state index contributed by atoms with van der Waals surface area (Å²) >= 11 is 1.55. The quantitative estimate of drug-likeness (QED) is 0.143. The molecule has 7 rings (SSSR count). The van der Waals surface area contributed by atoms with E-state index in [9.17, 15) is 14.7 Å². The van der Waals surface area contributed by atoms with E-state index in [4.69, 9.17) is 9.47 Å². The molecular formula is C36H32N4O5S. The fourth-order valence-electron chi connectivity index (χ4n) is 6.05. The van der Waals surface area contributed by atoms with E-state index in [2.05, 4.69) is 22.1 Å². The molecule has 5 aromatic rings. The first kappa shape index (κ1) is 30.1. The molecule has 1 fully saturated rings. The van der Waals surface area contributed by atoms with Crippen LogP contribution in [0.5, 0.6) is 0 Å². The monoisotopic (exact) mass is 632 g/mol. The molecule has 1 saturated heterocycles. The van der Waals surface area contributed by atoms with Gasteiger partial charge in [0.15, 0.2) is 11.4 Å². The first-order valence-corrected chi connectivity index (χ1v) is 16.1. The zero-order valence-electron chi connectivity index (χ0n) is 25.1. The van der Waals surface area contributed by atoms with Gasteiger partial charge in [-0.2, -0.15) is 5.10 Å². The van der Waals surface area contributed by atoms with Crippen LogP contribution in [0.25, 0.3) is 11.1 Å². The van der Waals surface area contributed by atoms with Gasteiger partial charge in [0, 0.05) is 17.2 Å². The van der Waals surface area contributed by atoms with Crippen molar-refractivity contribution in [2.24, 2.45) is 5.92 Å². The third-order valence-corrected chi connectivity index (χ3v) is 9.58. The number of aliphatic hydroxyl groups is 1. The Balaban J connectivity index is 1.13. The molecule has 9 nitrogen and oxygen atoms in total. The average molecular weight is 633 g/mol. The second-order valence-electron chi connectivity index (χ2n) is 11.4. The number of H-pyrrole nitrogens is 1. The maximum absolute atomic E-state index is 13.1. The minimum atomic E-state index is -0.610. The largest absolute Gasteiger partial charge is 0.392 e. The van der Waals surface area contributed by atoms with E-state index < -0.39 is 6.29 Å². The van der Waals surface area contributed by atoms with Crippen LogP contribution >= 0.6 is 11.8 Å². The summed E-state index contributed by atoms with van der Waals surface area (Å²) in [6.45, 7) is 2.29. The number of imide groups is 1. The molecule has 232 valence electrons. The highest BCUT2D eigenvalue weighted by molar-refractivity contribution is 7.99. The number of hydrogen-bond acceptors (Lipinski definition) is 8. The molecule has 3 heterocycles. The number of nitrogens with zero attached hydrogens (tertiary/aromatic N) is 3. The number of hydrogen-bond donors (Lipinski definition) is 2. The first-order valence-electron chi connectivity index (χ1n) is 15.1. The lowest BCUT2D eigenvalue weighted by molar-refractivity contribution is -0.268. The highest BCUT2D eigenvalue weighted by Gasteiger charge is 2.39. The molecule has 0 bridgehead atoms. The molecule has 0 radical (unpaired) electrons. The predicted molar refractivity (Wildman–Crippen MR) is 173 cm³/mol.